The molecule has 0 saturated carbocycles. The summed E-state index contributed by atoms with van der Waals surface area (Å²) in [7, 11) is 0. The second-order valence-corrected chi connectivity index (χ2v) is 2.87. The zero-order valence-corrected chi connectivity index (χ0v) is 7.58. The van der Waals surface area contributed by atoms with E-state index < -0.39 is 12.2 Å². The van der Waals surface area contributed by atoms with Crippen LogP contribution in [-0.4, -0.2) is 32.6 Å². The van der Waals surface area contributed by atoms with Crippen LogP contribution in [0.4, 0.5) is 5.82 Å². The van der Waals surface area contributed by atoms with Crippen molar-refractivity contribution in [2.24, 2.45) is 0 Å². The number of anilines is 1. The Labute approximate surface area is 80.4 Å². The summed E-state index contributed by atoms with van der Waals surface area (Å²) < 4.78 is 0. The minimum atomic E-state index is -1.17. The lowest BCUT2D eigenvalue weighted by Gasteiger charge is -2.12. The first-order valence-corrected chi connectivity index (χ1v) is 4.00. The summed E-state index contributed by atoms with van der Waals surface area (Å²) in [6.45, 7) is 1.41. The van der Waals surface area contributed by atoms with Crippen LogP contribution in [0.15, 0.2) is 6.20 Å². The summed E-state index contributed by atoms with van der Waals surface area (Å²) in [6.07, 6.45) is -0.477. The summed E-state index contributed by atoms with van der Waals surface area (Å²) >= 11 is 0. The summed E-state index contributed by atoms with van der Waals surface area (Å²) in [5.41, 5.74) is 5.41. The number of aliphatic hydroxyl groups excluding tert-OH is 2. The fourth-order valence-corrected chi connectivity index (χ4v) is 0.903. The summed E-state index contributed by atoms with van der Waals surface area (Å²) in [6, 6.07) is 0. The van der Waals surface area contributed by atoms with Gasteiger partial charge >= 0.3 is 0 Å². The van der Waals surface area contributed by atoms with Crippen LogP contribution in [0.25, 0.3) is 0 Å². The zero-order chi connectivity index (χ0) is 10.7. The third-order valence-corrected chi connectivity index (χ3v) is 1.72. The molecule has 0 fully saturated rings. The quantitative estimate of drug-likeness (QED) is 0.552. The number of aldehydes is 1. The molecule has 6 nitrogen and oxygen atoms in total. The molecular formula is C8H11N3O3. The highest BCUT2D eigenvalue weighted by molar-refractivity contribution is 5.78. The Bertz CT molecular complexity index is 341. The predicted molar refractivity (Wildman–Crippen MR) is 48.5 cm³/mol. The highest BCUT2D eigenvalue weighted by Crippen LogP contribution is 2.14. The van der Waals surface area contributed by atoms with Gasteiger partial charge in [-0.15, -0.1) is 0 Å². The highest BCUT2D eigenvalue weighted by atomic mass is 16.3. The number of aliphatic hydroxyl groups is 2. The van der Waals surface area contributed by atoms with Crippen molar-refractivity contribution in [3.8, 4) is 0 Å². The predicted octanol–water partition coefficient (Wildman–Crippen LogP) is -0.715. The number of hydrogen-bond donors (Lipinski definition) is 3. The van der Waals surface area contributed by atoms with Crippen LogP contribution in [0.1, 0.15) is 29.2 Å². The topological polar surface area (TPSA) is 109 Å². The number of rotatable bonds is 3. The lowest BCUT2D eigenvalue weighted by atomic mass is 10.2. The van der Waals surface area contributed by atoms with E-state index in [4.69, 9.17) is 10.8 Å². The van der Waals surface area contributed by atoms with Crippen molar-refractivity contribution in [1.29, 1.82) is 0 Å². The molecule has 0 unspecified atom stereocenters. The van der Waals surface area contributed by atoms with Gasteiger partial charge in [0.1, 0.15) is 11.8 Å². The van der Waals surface area contributed by atoms with Crippen LogP contribution in [0.5, 0.6) is 0 Å². The van der Waals surface area contributed by atoms with Gasteiger partial charge in [0, 0.05) is 0 Å². The number of carbonyl (C=O) groups excluding carboxylic acids is 1. The Kier molecular flexibility index (Phi) is 3.10. The zero-order valence-electron chi connectivity index (χ0n) is 7.58. The number of nitrogens with two attached hydrogens (primary N) is 1. The number of nitrogens with zero attached hydrogens (tertiary/aromatic N) is 2. The van der Waals surface area contributed by atoms with Crippen molar-refractivity contribution in [2.45, 2.75) is 19.1 Å². The molecule has 0 radical (unpaired) electrons. The molecule has 1 aromatic rings. The molecule has 0 spiro atoms. The average molecular weight is 197 g/mol. The minimum absolute atomic E-state index is 0.00143. The highest BCUT2D eigenvalue weighted by Gasteiger charge is 2.16. The number of hydrogen-bond acceptors (Lipinski definition) is 6. The largest absolute Gasteiger partial charge is 0.390 e. The molecule has 0 amide bonds. The molecule has 0 aliphatic rings. The maximum atomic E-state index is 10.4. The van der Waals surface area contributed by atoms with Gasteiger partial charge in [-0.2, -0.15) is 0 Å². The molecule has 2 atom stereocenters. The molecule has 1 heterocycles. The standard InChI is InChI=1S/C8H11N3O3/c1-4(13)7(14)5-2-10-8(9)6(3-12)11-5/h2-4,7,13-14H,1H3,(H2,9,10)/t4-,7-/m0/s1. The van der Waals surface area contributed by atoms with Gasteiger partial charge in [-0.05, 0) is 6.92 Å². The van der Waals surface area contributed by atoms with Crippen LogP contribution in [0.2, 0.25) is 0 Å². The van der Waals surface area contributed by atoms with E-state index in [1.807, 2.05) is 0 Å². The Balaban J connectivity index is 3.06. The lowest BCUT2D eigenvalue weighted by molar-refractivity contribution is 0.0275. The van der Waals surface area contributed by atoms with Crippen molar-refractivity contribution in [3.63, 3.8) is 0 Å². The number of nitrogen functional groups attached to an aromatic ring is 1. The van der Waals surface area contributed by atoms with E-state index in [2.05, 4.69) is 9.97 Å². The first-order chi connectivity index (χ1) is 6.56. The van der Waals surface area contributed by atoms with Gasteiger partial charge in [0.05, 0.1) is 18.0 Å². The second-order valence-electron chi connectivity index (χ2n) is 2.87. The van der Waals surface area contributed by atoms with E-state index >= 15 is 0 Å². The molecule has 0 bridgehead atoms. The van der Waals surface area contributed by atoms with E-state index in [-0.39, 0.29) is 17.2 Å². The molecule has 0 aromatic carbocycles. The molecule has 4 N–H and O–H groups in total. The van der Waals surface area contributed by atoms with Crippen LogP contribution < -0.4 is 5.73 Å². The van der Waals surface area contributed by atoms with Crippen LogP contribution >= 0.6 is 0 Å². The number of carbonyl (C=O) groups is 1. The Morgan fingerprint density at radius 2 is 2.21 bits per heavy atom. The maximum absolute atomic E-state index is 10.4. The molecule has 1 rings (SSSR count). The molecule has 0 aliphatic heterocycles. The van der Waals surface area contributed by atoms with Gasteiger partial charge in [0.2, 0.25) is 0 Å². The van der Waals surface area contributed by atoms with Crippen molar-refractivity contribution < 1.29 is 15.0 Å². The molecule has 0 aliphatic carbocycles. The van der Waals surface area contributed by atoms with Gasteiger partial charge in [0.25, 0.3) is 0 Å². The Morgan fingerprint density at radius 3 is 2.71 bits per heavy atom. The van der Waals surface area contributed by atoms with Crippen molar-refractivity contribution in [1.82, 2.24) is 9.97 Å². The normalized spacial score (nSPS) is 14.8. The molecular weight excluding hydrogens is 186 g/mol. The third kappa shape index (κ3) is 2.04. The van der Waals surface area contributed by atoms with Crippen LogP contribution in [-0.2, 0) is 0 Å². The molecule has 6 heteroatoms. The van der Waals surface area contributed by atoms with E-state index in [1.54, 1.807) is 0 Å². The first kappa shape index (κ1) is 10.6. The maximum Gasteiger partial charge on any atom is 0.172 e. The van der Waals surface area contributed by atoms with Gasteiger partial charge in [0.15, 0.2) is 12.1 Å². The summed E-state index contributed by atoms with van der Waals surface area (Å²) in [4.78, 5) is 17.9. The fraction of sp³-hybridized carbons (Fsp3) is 0.375. The van der Waals surface area contributed by atoms with Gasteiger partial charge < -0.3 is 15.9 Å². The minimum Gasteiger partial charge on any atom is -0.390 e. The van der Waals surface area contributed by atoms with Crippen LogP contribution in [0.3, 0.4) is 0 Å². The van der Waals surface area contributed by atoms with Crippen molar-refractivity contribution >= 4 is 12.1 Å². The van der Waals surface area contributed by atoms with Crippen molar-refractivity contribution in [2.75, 3.05) is 5.73 Å². The van der Waals surface area contributed by atoms with Gasteiger partial charge in [-0.1, -0.05) is 0 Å². The summed E-state index contributed by atoms with van der Waals surface area (Å²) in [5.74, 6) is 0.00143. The average Bonchev–Trinajstić information content (AvgIpc) is 2.17. The SMILES string of the molecule is C[C@H](O)[C@H](O)c1cnc(N)c(C=O)n1. The Hall–Kier alpha value is -1.53. The number of aromatic nitrogens is 2. The monoisotopic (exact) mass is 197 g/mol. The van der Waals surface area contributed by atoms with E-state index in [0.717, 1.165) is 0 Å². The smallest absolute Gasteiger partial charge is 0.172 e. The third-order valence-electron chi connectivity index (χ3n) is 1.72. The van der Waals surface area contributed by atoms with E-state index in [9.17, 15) is 9.90 Å². The van der Waals surface area contributed by atoms with Crippen molar-refractivity contribution in [3.05, 3.63) is 17.6 Å². The molecule has 14 heavy (non-hydrogen) atoms. The van der Waals surface area contributed by atoms with E-state index in [0.29, 0.717) is 6.29 Å². The molecule has 1 aromatic heterocycles. The Morgan fingerprint density at radius 1 is 1.57 bits per heavy atom. The molecule has 76 valence electrons. The first-order valence-electron chi connectivity index (χ1n) is 4.00. The van der Waals surface area contributed by atoms with Crippen LogP contribution in [0, 0.1) is 0 Å². The lowest BCUT2D eigenvalue weighted by Crippen LogP contribution is -2.17. The van der Waals surface area contributed by atoms with Gasteiger partial charge in [-0.25, -0.2) is 9.97 Å². The fourth-order valence-electron chi connectivity index (χ4n) is 0.903. The van der Waals surface area contributed by atoms with E-state index in [1.165, 1.54) is 13.1 Å². The van der Waals surface area contributed by atoms with Gasteiger partial charge in [-0.3, -0.25) is 4.79 Å². The molecule has 0 saturated heterocycles. The second kappa shape index (κ2) is 4.12. The summed E-state index contributed by atoms with van der Waals surface area (Å²) in [5, 5.41) is 18.5.